The van der Waals surface area contributed by atoms with E-state index in [1.54, 1.807) is 13.8 Å². The monoisotopic (exact) mass is 309 g/mol. The highest BCUT2D eigenvalue weighted by molar-refractivity contribution is 5.85. The summed E-state index contributed by atoms with van der Waals surface area (Å²) in [6.07, 6.45) is -2.39. The van der Waals surface area contributed by atoms with E-state index in [2.05, 4.69) is 0 Å². The highest BCUT2D eigenvalue weighted by atomic mass is 19.4. The highest BCUT2D eigenvalue weighted by Gasteiger charge is 2.41. The second-order valence-electron chi connectivity index (χ2n) is 6.06. The van der Waals surface area contributed by atoms with E-state index in [9.17, 15) is 22.8 Å². The number of alkyl halides is 3. The van der Waals surface area contributed by atoms with E-state index in [1.807, 2.05) is 0 Å². The minimum atomic E-state index is -4.47. The summed E-state index contributed by atoms with van der Waals surface area (Å²) in [5.41, 5.74) is 0. The van der Waals surface area contributed by atoms with Gasteiger partial charge < -0.3 is 10.0 Å². The smallest absolute Gasteiger partial charge is 0.406 e. The molecular formula is C14H22F3NO3. The van der Waals surface area contributed by atoms with Crippen molar-refractivity contribution in [2.45, 2.75) is 45.7 Å². The molecule has 122 valence electrons. The molecule has 21 heavy (non-hydrogen) atoms. The van der Waals surface area contributed by atoms with Gasteiger partial charge in [0.05, 0.1) is 11.8 Å². The van der Waals surface area contributed by atoms with Gasteiger partial charge in [-0.25, -0.2) is 0 Å². The SMILES string of the molecule is CC(C)CN(CC(F)(F)F)C(=O)[C@@H]1CCCC[C@@H]1C(=O)O. The molecule has 0 saturated heterocycles. The molecule has 0 aliphatic heterocycles. The highest BCUT2D eigenvalue weighted by Crippen LogP contribution is 2.32. The van der Waals surface area contributed by atoms with Crippen LogP contribution < -0.4 is 0 Å². The van der Waals surface area contributed by atoms with E-state index in [-0.39, 0.29) is 12.5 Å². The Balaban J connectivity index is 2.88. The number of aliphatic carboxylic acids is 1. The lowest BCUT2D eigenvalue weighted by molar-refractivity contribution is -0.168. The molecule has 1 saturated carbocycles. The Morgan fingerprint density at radius 2 is 1.71 bits per heavy atom. The van der Waals surface area contributed by atoms with Crippen LogP contribution in [0.2, 0.25) is 0 Å². The van der Waals surface area contributed by atoms with Crippen LogP contribution in [0.4, 0.5) is 13.2 Å². The minimum absolute atomic E-state index is 0.0127. The van der Waals surface area contributed by atoms with Crippen LogP contribution in [0, 0.1) is 17.8 Å². The number of halogens is 3. The van der Waals surface area contributed by atoms with Crippen molar-refractivity contribution >= 4 is 11.9 Å². The maximum absolute atomic E-state index is 12.6. The first-order valence-corrected chi connectivity index (χ1v) is 7.20. The zero-order valence-electron chi connectivity index (χ0n) is 12.3. The van der Waals surface area contributed by atoms with E-state index in [0.717, 1.165) is 4.90 Å². The van der Waals surface area contributed by atoms with Crippen molar-refractivity contribution in [1.29, 1.82) is 0 Å². The number of rotatable bonds is 5. The van der Waals surface area contributed by atoms with Crippen LogP contribution in [0.25, 0.3) is 0 Å². The number of hydrogen-bond acceptors (Lipinski definition) is 2. The van der Waals surface area contributed by atoms with Crippen molar-refractivity contribution in [2.24, 2.45) is 17.8 Å². The van der Waals surface area contributed by atoms with Gasteiger partial charge in [0.2, 0.25) is 5.91 Å². The second kappa shape index (κ2) is 7.13. The summed E-state index contributed by atoms with van der Waals surface area (Å²) in [6.45, 7) is 2.13. The van der Waals surface area contributed by atoms with Crippen LogP contribution >= 0.6 is 0 Å². The predicted octanol–water partition coefficient (Wildman–Crippen LogP) is 2.92. The van der Waals surface area contributed by atoms with Crippen molar-refractivity contribution in [3.8, 4) is 0 Å². The van der Waals surface area contributed by atoms with Gasteiger partial charge in [0, 0.05) is 6.54 Å². The Morgan fingerprint density at radius 1 is 1.19 bits per heavy atom. The van der Waals surface area contributed by atoms with Gasteiger partial charge in [-0.05, 0) is 18.8 Å². The average molecular weight is 309 g/mol. The van der Waals surface area contributed by atoms with E-state index in [4.69, 9.17) is 5.11 Å². The van der Waals surface area contributed by atoms with Crippen LogP contribution in [-0.2, 0) is 9.59 Å². The summed E-state index contributed by atoms with van der Waals surface area (Å²) < 4.78 is 37.9. The number of carbonyl (C=O) groups excluding carboxylic acids is 1. The molecule has 0 aromatic rings. The lowest BCUT2D eigenvalue weighted by Gasteiger charge is -2.34. The van der Waals surface area contributed by atoms with Gasteiger partial charge in [-0.2, -0.15) is 13.2 Å². The molecule has 0 spiro atoms. The summed E-state index contributed by atoms with van der Waals surface area (Å²) in [4.78, 5) is 24.4. The maximum Gasteiger partial charge on any atom is 0.406 e. The summed E-state index contributed by atoms with van der Waals surface area (Å²) in [6, 6.07) is 0. The number of nitrogens with zero attached hydrogens (tertiary/aromatic N) is 1. The zero-order chi connectivity index (χ0) is 16.2. The number of carboxylic acids is 1. The van der Waals surface area contributed by atoms with E-state index < -0.39 is 36.4 Å². The van der Waals surface area contributed by atoms with Crippen molar-refractivity contribution in [3.63, 3.8) is 0 Å². The lowest BCUT2D eigenvalue weighted by atomic mass is 9.78. The third-order valence-electron chi connectivity index (χ3n) is 3.67. The van der Waals surface area contributed by atoms with Crippen LogP contribution in [0.15, 0.2) is 0 Å². The molecule has 0 aromatic heterocycles. The van der Waals surface area contributed by atoms with Gasteiger partial charge in [0.1, 0.15) is 6.54 Å². The average Bonchev–Trinajstić information content (AvgIpc) is 2.34. The molecule has 4 nitrogen and oxygen atoms in total. The quantitative estimate of drug-likeness (QED) is 0.849. The molecule has 1 N–H and O–H groups in total. The molecule has 0 aromatic carbocycles. The van der Waals surface area contributed by atoms with Crippen molar-refractivity contribution in [1.82, 2.24) is 4.90 Å². The number of hydrogen-bond donors (Lipinski definition) is 1. The number of amides is 1. The standard InChI is InChI=1S/C14H22F3NO3/c1-9(2)7-18(8-14(15,16)17)12(19)10-5-3-4-6-11(10)13(20)21/h9-11H,3-8H2,1-2H3,(H,20,21)/t10-,11+/m1/s1. The zero-order valence-corrected chi connectivity index (χ0v) is 12.3. The fraction of sp³-hybridized carbons (Fsp3) is 0.857. The molecule has 2 atom stereocenters. The van der Waals surface area contributed by atoms with Gasteiger partial charge >= 0.3 is 12.1 Å². The fourth-order valence-corrected chi connectivity index (χ4v) is 2.85. The Hall–Kier alpha value is -1.27. The molecule has 0 radical (unpaired) electrons. The first-order valence-electron chi connectivity index (χ1n) is 7.20. The van der Waals surface area contributed by atoms with Gasteiger partial charge in [-0.15, -0.1) is 0 Å². The molecule has 0 unspecified atom stereocenters. The Kier molecular flexibility index (Phi) is 6.04. The van der Waals surface area contributed by atoms with Gasteiger partial charge in [-0.3, -0.25) is 9.59 Å². The summed E-state index contributed by atoms with van der Waals surface area (Å²) in [5, 5.41) is 9.16. The normalized spacial score (nSPS) is 23.1. The third-order valence-corrected chi connectivity index (χ3v) is 3.67. The lowest BCUT2D eigenvalue weighted by Crippen LogP contribution is -2.47. The molecule has 1 fully saturated rings. The van der Waals surface area contributed by atoms with Crippen LogP contribution in [0.5, 0.6) is 0 Å². The molecule has 7 heteroatoms. The Labute approximate surface area is 122 Å². The molecular weight excluding hydrogens is 287 g/mol. The van der Waals surface area contributed by atoms with E-state index in [0.29, 0.717) is 25.7 Å². The van der Waals surface area contributed by atoms with Crippen molar-refractivity contribution in [2.75, 3.05) is 13.1 Å². The largest absolute Gasteiger partial charge is 0.481 e. The topological polar surface area (TPSA) is 57.6 Å². The molecule has 0 bridgehead atoms. The Bertz CT molecular complexity index is 382. The van der Waals surface area contributed by atoms with Crippen molar-refractivity contribution < 1.29 is 27.9 Å². The van der Waals surface area contributed by atoms with Crippen LogP contribution in [0.1, 0.15) is 39.5 Å². The second-order valence-corrected chi connectivity index (χ2v) is 6.06. The molecule has 1 aliphatic rings. The third kappa shape index (κ3) is 5.55. The first kappa shape index (κ1) is 17.8. The first-order chi connectivity index (χ1) is 9.61. The van der Waals surface area contributed by atoms with E-state index in [1.165, 1.54) is 0 Å². The predicted molar refractivity (Wildman–Crippen MR) is 70.6 cm³/mol. The Morgan fingerprint density at radius 3 is 2.14 bits per heavy atom. The fourth-order valence-electron chi connectivity index (χ4n) is 2.85. The molecule has 1 amide bonds. The molecule has 1 rings (SSSR count). The van der Waals surface area contributed by atoms with E-state index >= 15 is 0 Å². The van der Waals surface area contributed by atoms with Crippen LogP contribution in [-0.4, -0.2) is 41.1 Å². The van der Waals surface area contributed by atoms with Gasteiger partial charge in [-0.1, -0.05) is 26.7 Å². The number of carboxylic acid groups (broad SMARTS) is 1. The molecule has 0 heterocycles. The minimum Gasteiger partial charge on any atom is -0.481 e. The van der Waals surface area contributed by atoms with Gasteiger partial charge in [0.25, 0.3) is 0 Å². The summed E-state index contributed by atoms with van der Waals surface area (Å²) >= 11 is 0. The van der Waals surface area contributed by atoms with Crippen LogP contribution in [0.3, 0.4) is 0 Å². The summed E-state index contributed by atoms with van der Waals surface area (Å²) in [7, 11) is 0. The van der Waals surface area contributed by atoms with Crippen molar-refractivity contribution in [3.05, 3.63) is 0 Å². The maximum atomic E-state index is 12.6. The molecule has 1 aliphatic carbocycles. The summed E-state index contributed by atoms with van der Waals surface area (Å²) in [5.74, 6) is -3.58. The number of carbonyl (C=O) groups is 2. The van der Waals surface area contributed by atoms with Gasteiger partial charge in [0.15, 0.2) is 0 Å².